The quantitative estimate of drug-likeness (QED) is 0.180. The van der Waals surface area contributed by atoms with E-state index in [1.54, 1.807) is 18.2 Å². The molecule has 2 aromatic carbocycles. The minimum Gasteiger partial charge on any atom is -0.355 e. The molecule has 3 N–H and O–H groups in total. The molecule has 0 amide bonds. The number of aliphatic imine (C=N–C) groups is 1. The van der Waals surface area contributed by atoms with Crippen LogP contribution in [-0.2, 0) is 23.1 Å². The van der Waals surface area contributed by atoms with Gasteiger partial charge in [0.15, 0.2) is 5.96 Å². The van der Waals surface area contributed by atoms with Gasteiger partial charge in [-0.2, -0.15) is 0 Å². The third-order valence-corrected chi connectivity index (χ3v) is 4.66. The van der Waals surface area contributed by atoms with Crippen LogP contribution < -0.4 is 15.4 Å². The lowest BCUT2D eigenvalue weighted by Crippen LogP contribution is -2.41. The minimum atomic E-state index is -3.27. The molecule has 0 saturated heterocycles. The molecule has 0 saturated carbocycles. The van der Waals surface area contributed by atoms with Crippen LogP contribution in [0.25, 0.3) is 0 Å². The summed E-state index contributed by atoms with van der Waals surface area (Å²) in [5.74, 6) is 0.471. The lowest BCUT2D eigenvalue weighted by molar-refractivity contribution is -0.384. The third-order valence-electron chi connectivity index (χ3n) is 3.70. The first-order chi connectivity index (χ1) is 13.7. The van der Waals surface area contributed by atoms with Crippen molar-refractivity contribution in [3.05, 3.63) is 74.8 Å². The van der Waals surface area contributed by atoms with Crippen molar-refractivity contribution in [2.24, 2.45) is 4.99 Å². The summed E-state index contributed by atoms with van der Waals surface area (Å²) in [5.41, 5.74) is 1.78. The van der Waals surface area contributed by atoms with Crippen LogP contribution in [0.2, 0.25) is 5.02 Å². The molecule has 0 spiro atoms. The standard InChI is InChI=1S/C18H22ClN5O4S/c1-29(27,28)23-10-9-20-18(22-13-15-3-2-4-16(19)11-15)21-12-14-5-7-17(8-6-14)24(25)26/h2-8,11,23H,9-10,12-13H2,1H3,(H2,20,21,22). The van der Waals surface area contributed by atoms with E-state index in [2.05, 4.69) is 20.3 Å². The highest BCUT2D eigenvalue weighted by Gasteiger charge is 2.05. The molecule has 0 radical (unpaired) electrons. The van der Waals surface area contributed by atoms with E-state index in [1.807, 2.05) is 18.2 Å². The first kappa shape index (κ1) is 22.6. The SMILES string of the molecule is CS(=O)(=O)NCCNC(=NCc1cccc(Cl)c1)NCc1ccc([N+](=O)[O-])cc1. The van der Waals surface area contributed by atoms with Gasteiger partial charge in [0.25, 0.3) is 5.69 Å². The molecule has 0 aliphatic carbocycles. The zero-order chi connectivity index (χ0) is 21.3. The molecule has 156 valence electrons. The summed E-state index contributed by atoms with van der Waals surface area (Å²) in [7, 11) is -3.27. The number of guanidine groups is 1. The fourth-order valence-corrected chi connectivity index (χ4v) is 3.00. The Morgan fingerprint density at radius 1 is 1.10 bits per heavy atom. The first-order valence-electron chi connectivity index (χ1n) is 8.67. The summed E-state index contributed by atoms with van der Waals surface area (Å²) in [6.45, 7) is 1.29. The van der Waals surface area contributed by atoms with Gasteiger partial charge in [0.1, 0.15) is 0 Å². The molecule has 0 unspecified atom stereocenters. The van der Waals surface area contributed by atoms with E-state index in [9.17, 15) is 18.5 Å². The number of non-ortho nitro benzene ring substituents is 1. The smallest absolute Gasteiger partial charge is 0.269 e. The number of nitrogens with zero attached hydrogens (tertiary/aromatic N) is 2. The molecule has 2 rings (SSSR count). The van der Waals surface area contributed by atoms with Crippen LogP contribution >= 0.6 is 11.6 Å². The van der Waals surface area contributed by atoms with E-state index in [1.165, 1.54) is 12.1 Å². The lowest BCUT2D eigenvalue weighted by atomic mass is 10.2. The molecule has 0 heterocycles. The van der Waals surface area contributed by atoms with Crippen LogP contribution in [-0.4, -0.2) is 38.6 Å². The predicted octanol–water partition coefficient (Wildman–Crippen LogP) is 2.03. The van der Waals surface area contributed by atoms with Crippen molar-refractivity contribution in [1.29, 1.82) is 0 Å². The van der Waals surface area contributed by atoms with E-state index >= 15 is 0 Å². The Balaban J connectivity index is 2.00. The van der Waals surface area contributed by atoms with Gasteiger partial charge in [-0.05, 0) is 23.3 Å². The summed E-state index contributed by atoms with van der Waals surface area (Å²) in [6, 6.07) is 13.5. The molecule has 9 nitrogen and oxygen atoms in total. The van der Waals surface area contributed by atoms with Gasteiger partial charge in [0.05, 0.1) is 17.7 Å². The second-order valence-corrected chi connectivity index (χ2v) is 8.43. The summed E-state index contributed by atoms with van der Waals surface area (Å²) < 4.78 is 24.7. The Morgan fingerprint density at radius 2 is 1.83 bits per heavy atom. The van der Waals surface area contributed by atoms with E-state index < -0.39 is 14.9 Å². The number of sulfonamides is 1. The van der Waals surface area contributed by atoms with Gasteiger partial charge in [-0.3, -0.25) is 10.1 Å². The maximum Gasteiger partial charge on any atom is 0.269 e. The fraction of sp³-hybridized carbons (Fsp3) is 0.278. The highest BCUT2D eigenvalue weighted by Crippen LogP contribution is 2.12. The third kappa shape index (κ3) is 8.90. The van der Waals surface area contributed by atoms with Crippen molar-refractivity contribution >= 4 is 33.3 Å². The van der Waals surface area contributed by atoms with Gasteiger partial charge in [-0.15, -0.1) is 0 Å². The van der Waals surface area contributed by atoms with Crippen LogP contribution in [0, 0.1) is 10.1 Å². The van der Waals surface area contributed by atoms with Crippen LogP contribution in [0.15, 0.2) is 53.5 Å². The van der Waals surface area contributed by atoms with Gasteiger partial charge < -0.3 is 10.6 Å². The van der Waals surface area contributed by atoms with Gasteiger partial charge in [0.2, 0.25) is 10.0 Å². The second-order valence-electron chi connectivity index (χ2n) is 6.17. The first-order valence-corrected chi connectivity index (χ1v) is 10.9. The highest BCUT2D eigenvalue weighted by molar-refractivity contribution is 7.88. The van der Waals surface area contributed by atoms with E-state index in [4.69, 9.17) is 11.6 Å². The number of hydrogen-bond donors (Lipinski definition) is 3. The molecule has 0 fully saturated rings. The summed E-state index contributed by atoms with van der Waals surface area (Å²) in [4.78, 5) is 14.8. The maximum absolute atomic E-state index is 11.2. The average molecular weight is 440 g/mol. The number of rotatable bonds is 9. The Kier molecular flexibility index (Phi) is 8.37. The molecule has 0 aliphatic heterocycles. The van der Waals surface area contributed by atoms with Crippen molar-refractivity contribution in [2.45, 2.75) is 13.1 Å². The normalized spacial score (nSPS) is 11.9. The minimum absolute atomic E-state index is 0.0218. The molecule has 2 aromatic rings. The van der Waals surface area contributed by atoms with Crippen molar-refractivity contribution in [1.82, 2.24) is 15.4 Å². The number of nitrogens with one attached hydrogen (secondary N) is 3. The molecule has 29 heavy (non-hydrogen) atoms. The zero-order valence-corrected chi connectivity index (χ0v) is 17.3. The monoisotopic (exact) mass is 439 g/mol. The molecular weight excluding hydrogens is 418 g/mol. The molecule has 0 aliphatic rings. The van der Waals surface area contributed by atoms with Crippen LogP contribution in [0.1, 0.15) is 11.1 Å². The average Bonchev–Trinajstić information content (AvgIpc) is 2.66. The largest absolute Gasteiger partial charge is 0.355 e. The zero-order valence-electron chi connectivity index (χ0n) is 15.8. The van der Waals surface area contributed by atoms with Crippen LogP contribution in [0.3, 0.4) is 0 Å². The number of nitro benzene ring substituents is 1. The Hall–Kier alpha value is -2.69. The van der Waals surface area contributed by atoms with Crippen molar-refractivity contribution < 1.29 is 13.3 Å². The predicted molar refractivity (Wildman–Crippen MR) is 113 cm³/mol. The van der Waals surface area contributed by atoms with Crippen molar-refractivity contribution in [3.8, 4) is 0 Å². The Morgan fingerprint density at radius 3 is 2.45 bits per heavy atom. The summed E-state index contributed by atoms with van der Waals surface area (Å²) in [5, 5.41) is 17.5. The van der Waals surface area contributed by atoms with Gasteiger partial charge in [-0.1, -0.05) is 35.9 Å². The van der Waals surface area contributed by atoms with E-state index in [-0.39, 0.29) is 12.2 Å². The van der Waals surface area contributed by atoms with E-state index in [0.717, 1.165) is 17.4 Å². The Labute approximate surface area is 174 Å². The van der Waals surface area contributed by atoms with Gasteiger partial charge in [-0.25, -0.2) is 18.1 Å². The van der Waals surface area contributed by atoms with Crippen LogP contribution in [0.5, 0.6) is 0 Å². The van der Waals surface area contributed by atoms with Crippen LogP contribution in [0.4, 0.5) is 5.69 Å². The summed E-state index contributed by atoms with van der Waals surface area (Å²) >= 11 is 5.99. The van der Waals surface area contributed by atoms with E-state index in [0.29, 0.717) is 30.6 Å². The van der Waals surface area contributed by atoms with Crippen molar-refractivity contribution in [3.63, 3.8) is 0 Å². The number of nitro groups is 1. The van der Waals surface area contributed by atoms with Gasteiger partial charge in [0, 0.05) is 36.8 Å². The van der Waals surface area contributed by atoms with Crippen molar-refractivity contribution in [2.75, 3.05) is 19.3 Å². The second kappa shape index (κ2) is 10.7. The fourth-order valence-electron chi connectivity index (χ4n) is 2.32. The molecule has 0 bridgehead atoms. The molecule has 11 heteroatoms. The Bertz CT molecular complexity index is 964. The highest BCUT2D eigenvalue weighted by atomic mass is 35.5. The lowest BCUT2D eigenvalue weighted by Gasteiger charge is -2.13. The number of benzene rings is 2. The summed E-state index contributed by atoms with van der Waals surface area (Å²) in [6.07, 6.45) is 1.09. The molecule has 0 aromatic heterocycles. The van der Waals surface area contributed by atoms with Gasteiger partial charge >= 0.3 is 0 Å². The number of hydrogen-bond acceptors (Lipinski definition) is 5. The topological polar surface area (TPSA) is 126 Å². The maximum atomic E-state index is 11.2. The molecule has 0 atom stereocenters. The number of halogens is 1. The molecular formula is C18H22ClN5O4S.